The number of non-ortho nitro benzene ring substituents is 2. The number of carbonyl (C=O) groups excluding carboxylic acids is 1. The second-order valence-corrected chi connectivity index (χ2v) is 12.8. The predicted octanol–water partition coefficient (Wildman–Crippen LogP) is 7.46. The van der Waals surface area contributed by atoms with E-state index in [1.807, 2.05) is 6.07 Å². The van der Waals surface area contributed by atoms with Gasteiger partial charge < -0.3 is 30.5 Å². The Bertz CT molecular complexity index is 2840. The summed E-state index contributed by atoms with van der Waals surface area (Å²) in [5, 5.41) is 73.6. The fourth-order valence-corrected chi connectivity index (χ4v) is 5.54. The Balaban J connectivity index is 0.000000404. The summed E-state index contributed by atoms with van der Waals surface area (Å²) >= 11 is 0. The molecule has 0 bridgehead atoms. The van der Waals surface area contributed by atoms with Crippen LogP contribution >= 0.6 is 0 Å². The number of rotatable bonds is 10. The molecule has 296 valence electrons. The Hall–Kier alpha value is -7.58. The van der Waals surface area contributed by atoms with Crippen LogP contribution in [0.2, 0.25) is 0 Å². The first-order valence-electron chi connectivity index (χ1n) is 15.8. The molecular formula is C35H28CrN9O12S+. The number of aryl methyl sites for hydroxylation is 1. The number of fused-ring (bicyclic) bond motifs is 1. The topological polar surface area (TPSA) is 315 Å². The van der Waals surface area contributed by atoms with E-state index in [2.05, 4.69) is 37.5 Å². The quantitative estimate of drug-likeness (QED) is 0.0223. The molecule has 0 saturated carbocycles. The van der Waals surface area contributed by atoms with Crippen LogP contribution in [0.15, 0.2) is 134 Å². The number of carbonyl (C=O) groups is 1. The normalized spacial score (nSPS) is 11.1. The minimum absolute atomic E-state index is 0. The van der Waals surface area contributed by atoms with Gasteiger partial charge in [-0.3, -0.25) is 29.6 Å². The zero-order chi connectivity index (χ0) is 41.6. The fraction of sp³-hybridized carbons (Fsp3) is 0.0286. The Morgan fingerprint density at radius 1 is 0.897 bits per heavy atom. The van der Waals surface area contributed by atoms with Gasteiger partial charge in [0.2, 0.25) is 5.91 Å². The molecule has 0 atom stereocenters. The number of azo groups is 2. The largest absolute Gasteiger partial charge is 1.00 e. The first-order valence-corrected chi connectivity index (χ1v) is 17.2. The molecule has 0 fully saturated rings. The van der Waals surface area contributed by atoms with Crippen LogP contribution in [0, 0.1) is 27.2 Å². The summed E-state index contributed by atoms with van der Waals surface area (Å²) in [6, 6.07) is 20.2. The molecule has 58 heavy (non-hydrogen) atoms. The van der Waals surface area contributed by atoms with E-state index in [1.165, 1.54) is 22.9 Å². The third-order valence-corrected chi connectivity index (χ3v) is 8.49. The van der Waals surface area contributed by atoms with Gasteiger partial charge in [-0.15, -0.1) is 15.9 Å². The zero-order valence-electron chi connectivity index (χ0n) is 31.4. The van der Waals surface area contributed by atoms with E-state index < -0.39 is 59.2 Å². The molecule has 23 heteroatoms. The van der Waals surface area contributed by atoms with Crippen LogP contribution in [-0.4, -0.2) is 53.8 Å². The van der Waals surface area contributed by atoms with Gasteiger partial charge in [0.15, 0.2) is 5.75 Å². The Kier molecular flexibility index (Phi) is 13.3. The smallest absolute Gasteiger partial charge is 0.506 e. The summed E-state index contributed by atoms with van der Waals surface area (Å²) in [5.41, 5.74) is -1.14. The van der Waals surface area contributed by atoms with E-state index >= 15 is 0 Å². The first-order chi connectivity index (χ1) is 27.0. The van der Waals surface area contributed by atoms with Crippen molar-refractivity contribution >= 4 is 66.6 Å². The molecule has 5 aromatic carbocycles. The number of nitro benzene ring substituents is 2. The Morgan fingerprint density at radius 3 is 2.03 bits per heavy atom. The second-order valence-electron chi connectivity index (χ2n) is 11.4. The number of anilines is 1. The molecule has 6 aromatic rings. The summed E-state index contributed by atoms with van der Waals surface area (Å²) in [7, 11) is -4.88. The Labute approximate surface area is 339 Å². The standard InChI is InChI=1S/C19H14N4O8S.C16H12N5O4.Cr/c1-2-17(25)20-11-4-3-10-7-16(32(29,30)31)18(19(26)13(10)8-11)22-21-14-9-12(23(27)28)5-6-15(14)24;1-10-15(16(23)20(19-10)11-5-3-2-4-6-11)18-17-13-9-12(21(24)25)7-8-14(13)22;/h2-9,24,26H,1H2,(H,20,25)(H,29,30,31);2-9,22H,1H3;/q;-1;/p+2. The molecular weight excluding hydrogens is 822 g/mol. The van der Waals surface area contributed by atoms with Crippen molar-refractivity contribution in [3.05, 3.63) is 140 Å². The van der Waals surface area contributed by atoms with Crippen LogP contribution in [0.4, 0.5) is 39.8 Å². The van der Waals surface area contributed by atoms with Crippen LogP contribution in [0.5, 0.6) is 17.2 Å². The number of phenols is 3. The fourth-order valence-electron chi connectivity index (χ4n) is 4.88. The minimum atomic E-state index is -4.88. The third kappa shape index (κ3) is 9.80. The first kappa shape index (κ1) is 43.2. The molecule has 1 amide bonds. The van der Waals surface area contributed by atoms with Gasteiger partial charge >= 0.3 is 2.85 Å². The van der Waals surface area contributed by atoms with Gasteiger partial charge in [-0.1, -0.05) is 43.5 Å². The number of aromatic hydroxyl groups is 3. The molecule has 1 aromatic heterocycles. The summed E-state index contributed by atoms with van der Waals surface area (Å²) in [6.45, 7) is 4.92. The van der Waals surface area contributed by atoms with Gasteiger partial charge in [0.25, 0.3) is 21.5 Å². The zero-order valence-corrected chi connectivity index (χ0v) is 31.5. The van der Waals surface area contributed by atoms with Gasteiger partial charge in [0.05, 0.1) is 15.5 Å². The van der Waals surface area contributed by atoms with E-state index in [4.69, 9.17) is 0 Å². The van der Waals surface area contributed by atoms with E-state index in [0.29, 0.717) is 11.4 Å². The predicted molar refractivity (Wildman–Crippen MR) is 205 cm³/mol. The summed E-state index contributed by atoms with van der Waals surface area (Å²) in [4.78, 5) is 43.5. The molecule has 0 aliphatic rings. The number of para-hydroxylation sites is 1. The molecule has 0 unspecified atom stereocenters. The maximum absolute atomic E-state index is 12.4. The van der Waals surface area contributed by atoms with Crippen LogP contribution in [0.3, 0.4) is 0 Å². The summed E-state index contributed by atoms with van der Waals surface area (Å²) in [6.07, 6.45) is 1.02. The number of phenolic OH excluding ortho intramolecular Hbond substituents is 3. The molecule has 0 aliphatic carbocycles. The summed E-state index contributed by atoms with van der Waals surface area (Å²) in [5.74, 6) is -2.02. The average Bonchev–Trinajstić information content (AvgIpc) is 3.46. The van der Waals surface area contributed by atoms with Crippen molar-refractivity contribution in [2.75, 3.05) is 5.32 Å². The van der Waals surface area contributed by atoms with Crippen LogP contribution < -0.4 is 10.9 Å². The van der Waals surface area contributed by atoms with Crippen molar-refractivity contribution in [3.63, 3.8) is 0 Å². The SMILES string of the molecule is C=CC(=O)Nc1ccc2cc(S(=O)(=O)O)c(N=Nc3cc([N+](=O)[O-])ccc3O)c(O)c2c1.Cc1nn(-c2ccccc2)c(=O)[c-]1N=Nc1cc([N+](=O)[O-])ccc1O.[Cr].[H+].[H+]. The molecule has 0 spiro atoms. The Morgan fingerprint density at radius 2 is 1.48 bits per heavy atom. The van der Waals surface area contributed by atoms with E-state index in [1.54, 1.807) is 31.2 Å². The van der Waals surface area contributed by atoms with Gasteiger partial charge in [-0.2, -0.15) is 13.5 Å². The molecule has 5 N–H and O–H groups in total. The van der Waals surface area contributed by atoms with Crippen molar-refractivity contribution in [3.8, 4) is 22.9 Å². The van der Waals surface area contributed by atoms with Crippen molar-refractivity contribution < 1.29 is 63.1 Å². The molecule has 21 nitrogen and oxygen atoms in total. The number of hydrogen-bond acceptors (Lipinski definition) is 16. The van der Waals surface area contributed by atoms with Gasteiger partial charge in [-0.25, -0.2) is 9.78 Å². The molecule has 0 saturated heterocycles. The third-order valence-electron chi connectivity index (χ3n) is 7.63. The van der Waals surface area contributed by atoms with E-state index in [0.717, 1.165) is 48.5 Å². The number of nitro groups is 2. The van der Waals surface area contributed by atoms with Crippen molar-refractivity contribution in [1.82, 2.24) is 9.78 Å². The monoisotopic (exact) mass is 850 g/mol. The second kappa shape index (κ2) is 17.9. The van der Waals surface area contributed by atoms with Crippen LogP contribution in [-0.2, 0) is 32.3 Å². The maximum atomic E-state index is 12.4. The van der Waals surface area contributed by atoms with Crippen molar-refractivity contribution in [2.45, 2.75) is 11.8 Å². The number of hydrogen-bond donors (Lipinski definition) is 5. The van der Waals surface area contributed by atoms with Gasteiger partial charge in [0, 0.05) is 52.7 Å². The van der Waals surface area contributed by atoms with Gasteiger partial charge in [0.1, 0.15) is 39.0 Å². The summed E-state index contributed by atoms with van der Waals surface area (Å²) < 4.78 is 34.5. The van der Waals surface area contributed by atoms with Crippen LogP contribution in [0.25, 0.3) is 16.5 Å². The van der Waals surface area contributed by atoms with Crippen molar-refractivity contribution in [1.29, 1.82) is 0 Å². The number of benzene rings is 5. The molecule has 6 rings (SSSR count). The van der Waals surface area contributed by atoms with E-state index in [9.17, 15) is 58.1 Å². The van der Waals surface area contributed by atoms with Crippen molar-refractivity contribution in [2.24, 2.45) is 20.5 Å². The number of nitrogens with one attached hydrogen (secondary N) is 1. The number of amides is 1. The van der Waals surface area contributed by atoms with Gasteiger partial charge in [-0.05, 0) is 53.9 Å². The number of aromatic nitrogens is 2. The maximum Gasteiger partial charge on any atom is 1.00 e. The number of nitrogens with zero attached hydrogens (tertiary/aromatic N) is 8. The molecule has 1 heterocycles. The minimum Gasteiger partial charge on any atom is -0.506 e. The molecule has 0 radical (unpaired) electrons. The van der Waals surface area contributed by atoms with Crippen LogP contribution in [0.1, 0.15) is 8.55 Å². The van der Waals surface area contributed by atoms with E-state index in [-0.39, 0.29) is 65.2 Å². The molecule has 0 aliphatic heterocycles. The average molecular weight is 851 g/mol.